The summed E-state index contributed by atoms with van der Waals surface area (Å²) in [6.45, 7) is 3.55. The highest BCUT2D eigenvalue weighted by molar-refractivity contribution is 14.0. The van der Waals surface area contributed by atoms with Gasteiger partial charge in [-0.2, -0.15) is 0 Å². The maximum atomic E-state index is 11.6. The lowest BCUT2D eigenvalue weighted by molar-refractivity contribution is -0.123. The summed E-state index contributed by atoms with van der Waals surface area (Å²) in [5.41, 5.74) is 2.02. The van der Waals surface area contributed by atoms with Crippen molar-refractivity contribution in [2.75, 3.05) is 34.4 Å². The van der Waals surface area contributed by atoms with E-state index in [4.69, 9.17) is 21.1 Å². The van der Waals surface area contributed by atoms with Gasteiger partial charge in [-0.15, -0.1) is 24.0 Å². The van der Waals surface area contributed by atoms with Crippen molar-refractivity contribution in [3.05, 3.63) is 58.6 Å². The van der Waals surface area contributed by atoms with Crippen LogP contribution in [-0.2, 0) is 17.9 Å². The fourth-order valence-corrected chi connectivity index (χ4v) is 3.05. The predicted molar refractivity (Wildman–Crippen MR) is 136 cm³/mol. The number of guanidine groups is 1. The lowest BCUT2D eigenvalue weighted by Gasteiger charge is -2.23. The van der Waals surface area contributed by atoms with Gasteiger partial charge in [0.05, 0.1) is 7.11 Å². The van der Waals surface area contributed by atoms with Gasteiger partial charge in [0.2, 0.25) is 0 Å². The number of methoxy groups -OCH3 is 1. The molecule has 0 saturated carbocycles. The molecule has 0 bridgehead atoms. The maximum absolute atomic E-state index is 11.6. The van der Waals surface area contributed by atoms with Gasteiger partial charge in [0.1, 0.15) is 0 Å². The van der Waals surface area contributed by atoms with Crippen molar-refractivity contribution < 1.29 is 14.3 Å². The fraction of sp³-hybridized carbons (Fsp3) is 0.364. The number of hydrogen-bond acceptors (Lipinski definition) is 4. The van der Waals surface area contributed by atoms with Gasteiger partial charge in [-0.3, -0.25) is 9.79 Å². The first kappa shape index (κ1) is 26.8. The number of benzene rings is 2. The second-order valence-electron chi connectivity index (χ2n) is 6.58. The molecule has 0 fully saturated rings. The molecule has 7 nitrogen and oxygen atoms in total. The van der Waals surface area contributed by atoms with Crippen LogP contribution in [0.25, 0.3) is 0 Å². The molecule has 2 aromatic carbocycles. The molecule has 0 radical (unpaired) electrons. The Kier molecular flexibility index (Phi) is 12.1. The predicted octanol–water partition coefficient (Wildman–Crippen LogP) is 3.69. The Hall–Kier alpha value is -2.20. The first-order chi connectivity index (χ1) is 14.5. The SMILES string of the molecule is CCNC(=O)COc1ccc(CNC(=NC)N(C)Cc2ccccc2Cl)cc1OC.I. The van der Waals surface area contributed by atoms with Gasteiger partial charge in [-0.05, 0) is 36.2 Å². The zero-order valence-corrected chi connectivity index (χ0v) is 21.4. The monoisotopic (exact) mass is 560 g/mol. The van der Waals surface area contributed by atoms with Crippen molar-refractivity contribution >= 4 is 47.4 Å². The second kappa shape index (κ2) is 14.0. The number of halogens is 2. The number of aliphatic imine (C=N–C) groups is 1. The fourth-order valence-electron chi connectivity index (χ4n) is 2.86. The van der Waals surface area contributed by atoms with Crippen molar-refractivity contribution in [3.63, 3.8) is 0 Å². The third-order valence-electron chi connectivity index (χ3n) is 4.35. The summed E-state index contributed by atoms with van der Waals surface area (Å²) in [5.74, 6) is 1.66. The largest absolute Gasteiger partial charge is 0.493 e. The Morgan fingerprint density at radius 2 is 1.90 bits per heavy atom. The van der Waals surface area contributed by atoms with Crippen LogP contribution in [0.3, 0.4) is 0 Å². The molecular weight excluding hydrogens is 531 g/mol. The quantitative estimate of drug-likeness (QED) is 0.278. The Balaban J connectivity index is 0.00000480. The summed E-state index contributed by atoms with van der Waals surface area (Å²) in [4.78, 5) is 17.9. The van der Waals surface area contributed by atoms with Crippen molar-refractivity contribution in [2.45, 2.75) is 20.0 Å². The number of hydrogen-bond donors (Lipinski definition) is 2. The number of nitrogens with zero attached hydrogens (tertiary/aromatic N) is 2. The molecule has 2 N–H and O–H groups in total. The van der Waals surface area contributed by atoms with Gasteiger partial charge in [0.15, 0.2) is 24.1 Å². The number of carbonyl (C=O) groups is 1. The molecule has 0 spiro atoms. The van der Waals surface area contributed by atoms with E-state index in [0.717, 1.165) is 22.1 Å². The van der Waals surface area contributed by atoms with Gasteiger partial charge >= 0.3 is 0 Å². The summed E-state index contributed by atoms with van der Waals surface area (Å²) in [6.07, 6.45) is 0. The Morgan fingerprint density at radius 3 is 2.55 bits per heavy atom. The van der Waals surface area contributed by atoms with Crippen molar-refractivity contribution in [2.24, 2.45) is 4.99 Å². The minimum absolute atomic E-state index is 0. The molecule has 0 aliphatic carbocycles. The molecule has 0 atom stereocenters. The molecule has 170 valence electrons. The molecule has 0 heterocycles. The number of likely N-dealkylation sites (N-methyl/N-ethyl adjacent to an activating group) is 1. The standard InChI is InChI=1S/C22H29ClN4O3.HI/c1-5-25-21(28)15-30-19-11-10-16(12-20(19)29-4)13-26-22(24-2)27(3)14-17-8-6-7-9-18(17)23;/h6-12H,5,13-15H2,1-4H3,(H,24,26)(H,25,28);1H. The van der Waals surface area contributed by atoms with Crippen LogP contribution in [0, 0.1) is 0 Å². The van der Waals surface area contributed by atoms with Gasteiger partial charge in [-0.1, -0.05) is 35.9 Å². The first-order valence-corrected chi connectivity index (χ1v) is 10.1. The van der Waals surface area contributed by atoms with Crippen molar-refractivity contribution in [3.8, 4) is 11.5 Å². The highest BCUT2D eigenvalue weighted by atomic mass is 127. The van der Waals surface area contributed by atoms with E-state index in [1.807, 2.05) is 55.3 Å². The summed E-state index contributed by atoms with van der Waals surface area (Å²) in [7, 11) is 5.27. The van der Waals surface area contributed by atoms with E-state index in [9.17, 15) is 4.79 Å². The van der Waals surface area contributed by atoms with Crippen LogP contribution in [0.5, 0.6) is 11.5 Å². The van der Waals surface area contributed by atoms with Crippen LogP contribution in [0.1, 0.15) is 18.1 Å². The topological polar surface area (TPSA) is 75.2 Å². The van der Waals surface area contributed by atoms with E-state index in [0.29, 0.717) is 31.1 Å². The molecule has 2 aromatic rings. The molecule has 0 unspecified atom stereocenters. The molecular formula is C22H30ClIN4O3. The third kappa shape index (κ3) is 8.45. The lowest BCUT2D eigenvalue weighted by atomic mass is 10.2. The molecule has 1 amide bonds. The Labute approximate surface area is 206 Å². The van der Waals surface area contributed by atoms with Crippen LogP contribution < -0.4 is 20.1 Å². The molecule has 2 rings (SSSR count). The van der Waals surface area contributed by atoms with E-state index in [1.165, 1.54) is 0 Å². The van der Waals surface area contributed by atoms with E-state index >= 15 is 0 Å². The minimum Gasteiger partial charge on any atom is -0.493 e. The third-order valence-corrected chi connectivity index (χ3v) is 4.72. The van der Waals surface area contributed by atoms with Crippen LogP contribution in [0.4, 0.5) is 0 Å². The van der Waals surface area contributed by atoms with Crippen LogP contribution in [-0.4, -0.2) is 51.1 Å². The van der Waals surface area contributed by atoms with Crippen molar-refractivity contribution in [1.29, 1.82) is 0 Å². The van der Waals surface area contributed by atoms with Crippen LogP contribution in [0.2, 0.25) is 5.02 Å². The van der Waals surface area contributed by atoms with E-state index in [-0.39, 0.29) is 36.5 Å². The van der Waals surface area contributed by atoms with Crippen molar-refractivity contribution in [1.82, 2.24) is 15.5 Å². The zero-order chi connectivity index (χ0) is 21.9. The molecule has 9 heteroatoms. The maximum Gasteiger partial charge on any atom is 0.257 e. The van der Waals surface area contributed by atoms with Gasteiger partial charge < -0.3 is 25.0 Å². The molecule has 0 aliphatic rings. The number of ether oxygens (including phenoxy) is 2. The Morgan fingerprint density at radius 1 is 1.16 bits per heavy atom. The van der Waals surface area contributed by atoms with Gasteiger partial charge in [0.25, 0.3) is 5.91 Å². The number of nitrogens with one attached hydrogen (secondary N) is 2. The van der Waals surface area contributed by atoms with Crippen LogP contribution in [0.15, 0.2) is 47.5 Å². The highest BCUT2D eigenvalue weighted by Crippen LogP contribution is 2.28. The molecule has 0 aliphatic heterocycles. The summed E-state index contributed by atoms with van der Waals surface area (Å²) < 4.78 is 11.0. The summed E-state index contributed by atoms with van der Waals surface area (Å²) in [5, 5.41) is 6.76. The summed E-state index contributed by atoms with van der Waals surface area (Å²) in [6, 6.07) is 13.3. The number of amides is 1. The average molecular weight is 561 g/mol. The normalized spacial score (nSPS) is 10.7. The average Bonchev–Trinajstić information content (AvgIpc) is 2.74. The zero-order valence-electron chi connectivity index (χ0n) is 18.3. The van der Waals surface area contributed by atoms with E-state index in [1.54, 1.807) is 20.2 Å². The first-order valence-electron chi connectivity index (χ1n) is 9.70. The summed E-state index contributed by atoms with van der Waals surface area (Å²) >= 11 is 6.26. The highest BCUT2D eigenvalue weighted by Gasteiger charge is 2.11. The smallest absolute Gasteiger partial charge is 0.257 e. The Bertz CT molecular complexity index is 880. The molecule has 0 saturated heterocycles. The molecule has 0 aromatic heterocycles. The second-order valence-corrected chi connectivity index (χ2v) is 6.98. The molecule has 31 heavy (non-hydrogen) atoms. The lowest BCUT2D eigenvalue weighted by Crippen LogP contribution is -2.38. The van der Waals surface area contributed by atoms with Gasteiger partial charge in [0, 0.05) is 38.8 Å². The minimum atomic E-state index is -0.171. The van der Waals surface area contributed by atoms with Gasteiger partial charge in [-0.25, -0.2) is 0 Å². The van der Waals surface area contributed by atoms with E-state index in [2.05, 4.69) is 15.6 Å². The number of rotatable bonds is 9. The van der Waals surface area contributed by atoms with Crippen LogP contribution >= 0.6 is 35.6 Å². The van der Waals surface area contributed by atoms with E-state index < -0.39 is 0 Å². The number of carbonyl (C=O) groups excluding carboxylic acids is 1.